The molecule has 2 rings (SSSR count). The van der Waals surface area contributed by atoms with E-state index in [1.165, 1.54) is 0 Å². The van der Waals surface area contributed by atoms with Gasteiger partial charge >= 0.3 is 0 Å². The Bertz CT molecular complexity index is 649. The third kappa shape index (κ3) is 4.49. The molecular weight excluding hydrogens is 300 g/mol. The number of benzene rings is 1. The highest BCUT2D eigenvalue weighted by atomic mass is 35.5. The summed E-state index contributed by atoms with van der Waals surface area (Å²) in [6, 6.07) is 7.76. The fraction of sp³-hybridized carbons (Fsp3) is 0.471. The maximum atomic E-state index is 12.0. The van der Waals surface area contributed by atoms with Crippen molar-refractivity contribution in [3.63, 3.8) is 0 Å². The van der Waals surface area contributed by atoms with Crippen LogP contribution in [0.5, 0.6) is 0 Å². The third-order valence-corrected chi connectivity index (χ3v) is 4.10. The molecule has 0 saturated carbocycles. The van der Waals surface area contributed by atoms with Crippen molar-refractivity contribution in [3.8, 4) is 0 Å². The maximum absolute atomic E-state index is 12.0. The number of hydrogen-bond acceptors (Lipinski definition) is 2. The number of aliphatic hydroxyl groups excluding tert-OH is 1. The summed E-state index contributed by atoms with van der Waals surface area (Å²) < 4.78 is 2.06. The minimum absolute atomic E-state index is 0.0295. The summed E-state index contributed by atoms with van der Waals surface area (Å²) in [6.07, 6.45) is 3.09. The topological polar surface area (TPSA) is 54.3 Å². The highest BCUT2D eigenvalue weighted by Gasteiger charge is 2.18. The van der Waals surface area contributed by atoms with E-state index in [4.69, 9.17) is 16.7 Å². The van der Waals surface area contributed by atoms with Gasteiger partial charge in [-0.25, -0.2) is 0 Å². The van der Waals surface area contributed by atoms with Crippen LogP contribution in [0.25, 0.3) is 10.9 Å². The minimum Gasteiger partial charge on any atom is -0.396 e. The van der Waals surface area contributed by atoms with Gasteiger partial charge in [0.05, 0.1) is 0 Å². The number of carbonyl (C=O) groups excluding carboxylic acids is 1. The van der Waals surface area contributed by atoms with Crippen molar-refractivity contribution in [2.24, 2.45) is 5.41 Å². The van der Waals surface area contributed by atoms with E-state index in [9.17, 15) is 4.79 Å². The summed E-state index contributed by atoms with van der Waals surface area (Å²) in [4.78, 5) is 12.0. The van der Waals surface area contributed by atoms with E-state index in [2.05, 4.69) is 9.88 Å². The van der Waals surface area contributed by atoms with Crippen molar-refractivity contribution in [3.05, 3.63) is 35.5 Å². The Morgan fingerprint density at radius 1 is 1.36 bits per heavy atom. The van der Waals surface area contributed by atoms with Gasteiger partial charge in [0, 0.05) is 48.2 Å². The van der Waals surface area contributed by atoms with Gasteiger partial charge in [0.1, 0.15) is 0 Å². The number of aryl methyl sites for hydroxylation is 1. The molecule has 5 heteroatoms. The number of aliphatic hydroxyl groups is 1. The summed E-state index contributed by atoms with van der Waals surface area (Å²) in [5.41, 5.74) is 0.999. The molecule has 1 amide bonds. The molecule has 0 unspecified atom stereocenters. The van der Waals surface area contributed by atoms with Crippen molar-refractivity contribution < 1.29 is 9.90 Å². The quantitative estimate of drug-likeness (QED) is 0.822. The number of hydrogen-bond donors (Lipinski definition) is 2. The molecule has 4 nitrogen and oxygen atoms in total. The van der Waals surface area contributed by atoms with E-state index < -0.39 is 0 Å². The van der Waals surface area contributed by atoms with Gasteiger partial charge in [-0.1, -0.05) is 25.4 Å². The Morgan fingerprint density at radius 3 is 2.86 bits per heavy atom. The predicted molar refractivity (Wildman–Crippen MR) is 90.1 cm³/mol. The van der Waals surface area contributed by atoms with E-state index >= 15 is 0 Å². The molecule has 2 N–H and O–H groups in total. The van der Waals surface area contributed by atoms with Crippen molar-refractivity contribution in [2.45, 2.75) is 33.2 Å². The summed E-state index contributed by atoms with van der Waals surface area (Å²) in [5, 5.41) is 13.7. The molecule has 1 aromatic carbocycles. The highest BCUT2D eigenvalue weighted by molar-refractivity contribution is 6.31. The highest BCUT2D eigenvalue weighted by Crippen LogP contribution is 2.21. The number of nitrogens with zero attached hydrogens (tertiary/aromatic N) is 1. The van der Waals surface area contributed by atoms with Crippen LogP contribution >= 0.6 is 11.6 Å². The molecule has 1 aromatic heterocycles. The van der Waals surface area contributed by atoms with Gasteiger partial charge in [0.25, 0.3) is 0 Å². The molecule has 22 heavy (non-hydrogen) atoms. The molecule has 2 aromatic rings. The zero-order chi connectivity index (χ0) is 16.2. The Balaban J connectivity index is 1.88. The van der Waals surface area contributed by atoms with E-state index in [-0.39, 0.29) is 17.9 Å². The minimum atomic E-state index is -0.0820. The first-order chi connectivity index (χ1) is 10.4. The molecular formula is C17H23ClN2O2. The summed E-state index contributed by atoms with van der Waals surface area (Å²) in [7, 11) is 0. The van der Waals surface area contributed by atoms with Crippen LogP contribution in [0.15, 0.2) is 30.5 Å². The van der Waals surface area contributed by atoms with E-state index in [0.717, 1.165) is 10.9 Å². The summed E-state index contributed by atoms with van der Waals surface area (Å²) >= 11 is 5.97. The lowest BCUT2D eigenvalue weighted by atomic mass is 9.90. The number of carbonyl (C=O) groups is 1. The van der Waals surface area contributed by atoms with Gasteiger partial charge in [-0.15, -0.1) is 0 Å². The summed E-state index contributed by atoms with van der Waals surface area (Å²) in [6.45, 7) is 5.42. The maximum Gasteiger partial charge on any atom is 0.221 e. The van der Waals surface area contributed by atoms with Crippen LogP contribution in [0.4, 0.5) is 0 Å². The Morgan fingerprint density at radius 2 is 2.14 bits per heavy atom. The van der Waals surface area contributed by atoms with Crippen molar-refractivity contribution in [1.29, 1.82) is 0 Å². The van der Waals surface area contributed by atoms with Gasteiger partial charge in [0.2, 0.25) is 5.91 Å². The van der Waals surface area contributed by atoms with Crippen molar-refractivity contribution in [1.82, 2.24) is 9.88 Å². The molecule has 0 aliphatic rings. The molecule has 0 bridgehead atoms. The SMILES string of the molecule is CC(C)(CCO)CNC(=O)CCn1ccc2cc(Cl)ccc21. The molecule has 120 valence electrons. The smallest absolute Gasteiger partial charge is 0.221 e. The third-order valence-electron chi connectivity index (χ3n) is 3.87. The van der Waals surface area contributed by atoms with Gasteiger partial charge in [0.15, 0.2) is 0 Å². The van der Waals surface area contributed by atoms with Gasteiger partial charge in [-0.05, 0) is 36.1 Å². The standard InChI is InChI=1S/C17H23ClN2O2/c1-17(2,7-10-21)12-19-16(22)6-9-20-8-5-13-11-14(18)3-4-15(13)20/h3-5,8,11,21H,6-7,9-10,12H2,1-2H3,(H,19,22). The van der Waals surface area contributed by atoms with E-state index in [1.807, 2.05) is 44.3 Å². The molecule has 0 radical (unpaired) electrons. The van der Waals surface area contributed by atoms with Crippen LogP contribution in [-0.2, 0) is 11.3 Å². The zero-order valence-corrected chi connectivity index (χ0v) is 13.9. The monoisotopic (exact) mass is 322 g/mol. The lowest BCUT2D eigenvalue weighted by Gasteiger charge is -2.23. The number of rotatable bonds is 7. The van der Waals surface area contributed by atoms with Crippen LogP contribution in [-0.4, -0.2) is 28.7 Å². The second-order valence-corrected chi connectivity index (χ2v) is 6.81. The molecule has 0 saturated heterocycles. The number of nitrogens with one attached hydrogen (secondary N) is 1. The van der Waals surface area contributed by atoms with E-state index in [0.29, 0.717) is 31.0 Å². The first kappa shape index (κ1) is 16.8. The molecule has 0 spiro atoms. The summed E-state index contributed by atoms with van der Waals surface area (Å²) in [5.74, 6) is 0.0295. The van der Waals surface area contributed by atoms with Crippen LogP contribution in [0, 0.1) is 5.41 Å². The molecule has 0 fully saturated rings. The Hall–Kier alpha value is -1.52. The fourth-order valence-corrected chi connectivity index (χ4v) is 2.59. The molecule has 0 aliphatic carbocycles. The number of halogens is 1. The first-order valence-electron chi connectivity index (χ1n) is 7.53. The average Bonchev–Trinajstić information content (AvgIpc) is 2.85. The van der Waals surface area contributed by atoms with Crippen LogP contribution in [0.1, 0.15) is 26.7 Å². The lowest BCUT2D eigenvalue weighted by molar-refractivity contribution is -0.121. The van der Waals surface area contributed by atoms with E-state index in [1.54, 1.807) is 0 Å². The Labute approximate surface area is 136 Å². The molecule has 1 heterocycles. The van der Waals surface area contributed by atoms with Crippen LogP contribution in [0.2, 0.25) is 5.02 Å². The lowest BCUT2D eigenvalue weighted by Crippen LogP contribution is -2.34. The first-order valence-corrected chi connectivity index (χ1v) is 7.91. The molecule has 0 atom stereocenters. The zero-order valence-electron chi connectivity index (χ0n) is 13.1. The van der Waals surface area contributed by atoms with Gasteiger partial charge in [-0.2, -0.15) is 0 Å². The molecule has 0 aliphatic heterocycles. The number of aromatic nitrogens is 1. The van der Waals surface area contributed by atoms with Crippen LogP contribution in [0.3, 0.4) is 0 Å². The Kier molecular flexibility index (Phi) is 5.48. The van der Waals surface area contributed by atoms with Crippen molar-refractivity contribution >= 4 is 28.4 Å². The number of amides is 1. The van der Waals surface area contributed by atoms with Crippen LogP contribution < -0.4 is 5.32 Å². The average molecular weight is 323 g/mol. The second kappa shape index (κ2) is 7.16. The van der Waals surface area contributed by atoms with Gasteiger partial charge in [-0.3, -0.25) is 4.79 Å². The fourth-order valence-electron chi connectivity index (χ4n) is 2.41. The van der Waals surface area contributed by atoms with Crippen molar-refractivity contribution in [2.75, 3.05) is 13.2 Å². The second-order valence-electron chi connectivity index (χ2n) is 6.38. The predicted octanol–water partition coefficient (Wildman–Crippen LogP) is 3.21. The van der Waals surface area contributed by atoms with Gasteiger partial charge < -0.3 is 15.0 Å². The number of fused-ring (bicyclic) bond motifs is 1. The normalized spacial score (nSPS) is 11.8. The largest absolute Gasteiger partial charge is 0.396 e.